The van der Waals surface area contributed by atoms with Crippen LogP contribution in [0.5, 0.6) is 0 Å². The molecular formula is C21H39N5OS. The Morgan fingerprint density at radius 2 is 2.11 bits per heavy atom. The Kier molecular flexibility index (Phi) is 10.8. The van der Waals surface area contributed by atoms with Gasteiger partial charge in [-0.1, -0.05) is 12.8 Å². The summed E-state index contributed by atoms with van der Waals surface area (Å²) in [4.78, 5) is 14.3. The molecule has 1 aromatic rings. The number of piperidine rings is 1. The summed E-state index contributed by atoms with van der Waals surface area (Å²) in [5.74, 6) is 0.966. The molecule has 1 aliphatic rings. The molecule has 28 heavy (non-hydrogen) atoms. The van der Waals surface area contributed by atoms with Gasteiger partial charge in [-0.25, -0.2) is 4.98 Å². The van der Waals surface area contributed by atoms with Gasteiger partial charge >= 0.3 is 0 Å². The fraction of sp³-hybridized carbons (Fsp3) is 0.810. The lowest BCUT2D eigenvalue weighted by molar-refractivity contribution is 0.119. The van der Waals surface area contributed by atoms with Crippen molar-refractivity contribution in [2.24, 2.45) is 4.99 Å². The second kappa shape index (κ2) is 13.1. The number of unbranched alkanes of at least 4 members (excludes halogenated alkanes) is 2. The van der Waals surface area contributed by atoms with Crippen LogP contribution in [0.2, 0.25) is 0 Å². The third-order valence-electron chi connectivity index (χ3n) is 5.21. The average molecular weight is 410 g/mol. The number of hydrogen-bond acceptors (Lipinski definition) is 5. The Morgan fingerprint density at radius 1 is 1.32 bits per heavy atom. The first-order chi connectivity index (χ1) is 13.6. The van der Waals surface area contributed by atoms with E-state index < -0.39 is 0 Å². The van der Waals surface area contributed by atoms with Crippen molar-refractivity contribution in [2.45, 2.75) is 65.0 Å². The largest absolute Gasteiger partial charge is 0.375 e. The number of methoxy groups -OCH3 is 1. The highest BCUT2D eigenvalue weighted by molar-refractivity contribution is 7.09. The van der Waals surface area contributed by atoms with Crippen LogP contribution in [0.1, 0.15) is 69.2 Å². The lowest BCUT2D eigenvalue weighted by Gasteiger charge is -2.26. The van der Waals surface area contributed by atoms with Crippen molar-refractivity contribution in [2.75, 3.05) is 46.9 Å². The van der Waals surface area contributed by atoms with Gasteiger partial charge < -0.3 is 19.9 Å². The molecule has 0 saturated carbocycles. The van der Waals surface area contributed by atoms with E-state index >= 15 is 0 Å². The molecule has 0 aliphatic carbocycles. The highest BCUT2D eigenvalue weighted by Crippen LogP contribution is 2.21. The fourth-order valence-corrected chi connectivity index (χ4v) is 4.30. The van der Waals surface area contributed by atoms with E-state index in [1.807, 2.05) is 6.92 Å². The minimum absolute atomic E-state index is 0.0518. The van der Waals surface area contributed by atoms with Gasteiger partial charge in [-0.05, 0) is 59.2 Å². The van der Waals surface area contributed by atoms with Gasteiger partial charge in [0, 0.05) is 32.6 Å². The summed E-state index contributed by atoms with van der Waals surface area (Å²) in [6.07, 6.45) is 7.94. The summed E-state index contributed by atoms with van der Waals surface area (Å²) in [6.45, 7) is 10.5. The zero-order valence-corrected chi connectivity index (χ0v) is 19.1. The normalized spacial score (nSPS) is 16.9. The molecule has 2 heterocycles. The van der Waals surface area contributed by atoms with Crippen molar-refractivity contribution in [1.82, 2.24) is 20.1 Å². The van der Waals surface area contributed by atoms with E-state index in [1.165, 1.54) is 51.7 Å². The van der Waals surface area contributed by atoms with Crippen molar-refractivity contribution >= 4 is 17.3 Å². The van der Waals surface area contributed by atoms with Gasteiger partial charge in [-0.2, -0.15) is 0 Å². The molecule has 6 nitrogen and oxygen atoms in total. The summed E-state index contributed by atoms with van der Waals surface area (Å²) in [7, 11) is 3.80. The first-order valence-corrected chi connectivity index (χ1v) is 11.7. The molecule has 1 atom stereocenters. The van der Waals surface area contributed by atoms with Crippen LogP contribution < -0.4 is 5.32 Å². The molecule has 0 amide bonds. The number of nitrogens with zero attached hydrogens (tertiary/aromatic N) is 4. The Morgan fingerprint density at radius 3 is 2.82 bits per heavy atom. The lowest BCUT2D eigenvalue weighted by atomic mass is 10.1. The molecular weight excluding hydrogens is 370 g/mol. The number of rotatable bonds is 11. The second-order valence-corrected chi connectivity index (χ2v) is 8.50. The third-order valence-corrected chi connectivity index (χ3v) is 6.26. The smallest absolute Gasteiger partial charge is 0.194 e. The maximum Gasteiger partial charge on any atom is 0.194 e. The van der Waals surface area contributed by atoms with Gasteiger partial charge in [0.25, 0.3) is 0 Å². The summed E-state index contributed by atoms with van der Waals surface area (Å²) in [5, 5.41) is 6.55. The van der Waals surface area contributed by atoms with E-state index in [0.29, 0.717) is 0 Å². The molecule has 0 radical (unpaired) electrons. The van der Waals surface area contributed by atoms with Crippen LogP contribution in [0.4, 0.5) is 0 Å². The highest BCUT2D eigenvalue weighted by atomic mass is 32.1. The van der Waals surface area contributed by atoms with Gasteiger partial charge in [-0.15, -0.1) is 11.3 Å². The van der Waals surface area contributed by atoms with Gasteiger partial charge in [0.2, 0.25) is 0 Å². The molecule has 1 aromatic heterocycles. The summed E-state index contributed by atoms with van der Waals surface area (Å²) in [6, 6.07) is 0. The Bertz CT molecular complexity index is 571. The van der Waals surface area contributed by atoms with Gasteiger partial charge in [-0.3, -0.25) is 4.99 Å². The van der Waals surface area contributed by atoms with Gasteiger partial charge in [0.15, 0.2) is 5.96 Å². The molecule has 1 saturated heterocycles. The summed E-state index contributed by atoms with van der Waals surface area (Å²) >= 11 is 1.66. The molecule has 0 spiro atoms. The number of hydrogen-bond donors (Lipinski definition) is 1. The zero-order valence-electron chi connectivity index (χ0n) is 18.2. The van der Waals surface area contributed by atoms with Crippen LogP contribution in [-0.4, -0.2) is 67.6 Å². The lowest BCUT2D eigenvalue weighted by Crippen LogP contribution is -2.38. The maximum atomic E-state index is 5.36. The molecule has 0 aromatic carbocycles. The number of nitrogens with one attached hydrogen (secondary N) is 1. The number of ether oxygens (including phenoxy) is 1. The minimum Gasteiger partial charge on any atom is -0.375 e. The topological polar surface area (TPSA) is 53.0 Å². The van der Waals surface area contributed by atoms with Crippen LogP contribution in [-0.2, 0) is 11.3 Å². The number of aliphatic imine (C=N–C) groups is 1. The predicted molar refractivity (Wildman–Crippen MR) is 119 cm³/mol. The molecule has 0 bridgehead atoms. The number of guanidine groups is 1. The monoisotopic (exact) mass is 409 g/mol. The van der Waals surface area contributed by atoms with E-state index in [0.717, 1.165) is 42.7 Å². The molecule has 1 unspecified atom stereocenters. The molecule has 160 valence electrons. The molecule has 1 N–H and O–H groups in total. The molecule has 1 fully saturated rings. The van der Waals surface area contributed by atoms with Gasteiger partial charge in [0.1, 0.15) is 11.1 Å². The molecule has 1 aliphatic heterocycles. The molecule has 7 heteroatoms. The molecule has 2 rings (SSSR count). The van der Waals surface area contributed by atoms with Crippen LogP contribution >= 0.6 is 11.3 Å². The average Bonchev–Trinajstić information content (AvgIpc) is 3.18. The Balaban J connectivity index is 1.72. The number of aromatic nitrogens is 1. The van der Waals surface area contributed by atoms with Crippen molar-refractivity contribution in [3.05, 3.63) is 16.1 Å². The first-order valence-electron chi connectivity index (χ1n) is 10.8. The number of likely N-dealkylation sites (tertiary alicyclic amines) is 1. The maximum absolute atomic E-state index is 5.36. The summed E-state index contributed by atoms with van der Waals surface area (Å²) in [5.41, 5.74) is 1.07. The highest BCUT2D eigenvalue weighted by Gasteiger charge is 2.13. The van der Waals surface area contributed by atoms with Crippen LogP contribution in [0.15, 0.2) is 10.4 Å². The SMILES string of the molecule is CCNC(=NCCCCCN1CCCCC1)N(C)Cc1csc(C(C)OC)n1. The minimum atomic E-state index is 0.0518. The fourth-order valence-electron chi connectivity index (χ4n) is 3.46. The predicted octanol–water partition coefficient (Wildman–Crippen LogP) is 3.90. The van der Waals surface area contributed by atoms with Crippen molar-refractivity contribution in [3.63, 3.8) is 0 Å². The standard InChI is InChI=1S/C21H39N5OS/c1-5-22-21(23-12-8-6-9-13-26-14-10-7-11-15-26)25(3)16-19-17-28-20(24-19)18(2)27-4/h17-18H,5-16H2,1-4H3,(H,22,23). The first kappa shape index (κ1) is 23.1. The second-order valence-electron chi connectivity index (χ2n) is 7.61. The quantitative estimate of drug-likeness (QED) is 0.341. The van der Waals surface area contributed by atoms with Crippen LogP contribution in [0.25, 0.3) is 0 Å². The van der Waals surface area contributed by atoms with Crippen LogP contribution in [0.3, 0.4) is 0 Å². The Labute approximate surface area is 175 Å². The number of thiazole rings is 1. The van der Waals surface area contributed by atoms with E-state index in [-0.39, 0.29) is 6.10 Å². The van der Waals surface area contributed by atoms with Crippen molar-refractivity contribution in [3.8, 4) is 0 Å². The zero-order chi connectivity index (χ0) is 20.2. The summed E-state index contributed by atoms with van der Waals surface area (Å²) < 4.78 is 5.36. The third kappa shape index (κ3) is 8.05. The Hall–Kier alpha value is -1.18. The van der Waals surface area contributed by atoms with E-state index in [2.05, 4.69) is 34.5 Å². The van der Waals surface area contributed by atoms with Gasteiger partial charge in [0.05, 0.1) is 12.2 Å². The van der Waals surface area contributed by atoms with Crippen molar-refractivity contribution < 1.29 is 4.74 Å². The van der Waals surface area contributed by atoms with Crippen molar-refractivity contribution in [1.29, 1.82) is 0 Å². The van der Waals surface area contributed by atoms with E-state index in [1.54, 1.807) is 18.4 Å². The van der Waals surface area contributed by atoms with E-state index in [9.17, 15) is 0 Å². The van der Waals surface area contributed by atoms with E-state index in [4.69, 9.17) is 14.7 Å². The van der Waals surface area contributed by atoms with Crippen LogP contribution in [0, 0.1) is 0 Å².